The van der Waals surface area contributed by atoms with Crippen molar-refractivity contribution >= 4 is 22.6 Å². The van der Waals surface area contributed by atoms with Crippen molar-refractivity contribution < 1.29 is 14.3 Å². The predicted molar refractivity (Wildman–Crippen MR) is 114 cm³/mol. The van der Waals surface area contributed by atoms with Crippen LogP contribution in [-0.2, 0) is 9.59 Å². The molecule has 5 heteroatoms. The van der Waals surface area contributed by atoms with E-state index in [2.05, 4.69) is 12.1 Å². The number of amides is 2. The van der Waals surface area contributed by atoms with Gasteiger partial charge in [0.05, 0.1) is 13.0 Å². The Morgan fingerprint density at radius 1 is 0.931 bits per heavy atom. The molecule has 4 rings (SSSR count). The zero-order valence-corrected chi connectivity index (χ0v) is 17.4. The molecule has 2 aliphatic heterocycles. The molecule has 2 fully saturated rings. The number of likely N-dealkylation sites (tertiary alicyclic amines) is 2. The van der Waals surface area contributed by atoms with Crippen LogP contribution in [0.1, 0.15) is 44.1 Å². The number of piperidine rings is 1. The Bertz CT molecular complexity index is 896. The first kappa shape index (κ1) is 19.7. The zero-order chi connectivity index (χ0) is 20.4. The summed E-state index contributed by atoms with van der Waals surface area (Å²) in [6.07, 6.45) is 3.81. The monoisotopic (exact) mass is 394 g/mol. The van der Waals surface area contributed by atoms with Gasteiger partial charge in [-0.3, -0.25) is 9.59 Å². The minimum Gasteiger partial charge on any atom is -0.497 e. The van der Waals surface area contributed by atoms with Crippen molar-refractivity contribution in [2.75, 3.05) is 33.3 Å². The second kappa shape index (κ2) is 8.44. The molecule has 2 aromatic carbocycles. The van der Waals surface area contributed by atoms with Crippen LogP contribution in [0.15, 0.2) is 36.4 Å². The van der Waals surface area contributed by atoms with Gasteiger partial charge in [0.2, 0.25) is 11.8 Å². The maximum atomic E-state index is 13.1. The highest BCUT2D eigenvalue weighted by molar-refractivity contribution is 5.88. The first-order valence-corrected chi connectivity index (χ1v) is 10.7. The number of benzene rings is 2. The van der Waals surface area contributed by atoms with E-state index in [1.54, 1.807) is 7.11 Å². The van der Waals surface area contributed by atoms with Gasteiger partial charge in [-0.25, -0.2) is 0 Å². The summed E-state index contributed by atoms with van der Waals surface area (Å²) in [5.41, 5.74) is 1.03. The number of hydrogen-bond acceptors (Lipinski definition) is 3. The van der Waals surface area contributed by atoms with Gasteiger partial charge in [0.1, 0.15) is 5.75 Å². The van der Waals surface area contributed by atoms with E-state index >= 15 is 0 Å². The van der Waals surface area contributed by atoms with Crippen LogP contribution in [0.5, 0.6) is 5.75 Å². The van der Waals surface area contributed by atoms with E-state index in [4.69, 9.17) is 4.74 Å². The van der Waals surface area contributed by atoms with Crippen LogP contribution >= 0.6 is 0 Å². The normalized spacial score (nSPS) is 18.8. The Morgan fingerprint density at radius 2 is 1.59 bits per heavy atom. The Hall–Kier alpha value is -2.56. The van der Waals surface area contributed by atoms with E-state index < -0.39 is 0 Å². The summed E-state index contributed by atoms with van der Waals surface area (Å²) in [4.78, 5) is 29.6. The van der Waals surface area contributed by atoms with E-state index in [0.717, 1.165) is 60.9 Å². The molecule has 0 spiro atoms. The zero-order valence-electron chi connectivity index (χ0n) is 17.4. The molecule has 0 N–H and O–H groups in total. The molecule has 154 valence electrons. The third kappa shape index (κ3) is 4.09. The summed E-state index contributed by atoms with van der Waals surface area (Å²) < 4.78 is 5.29. The van der Waals surface area contributed by atoms with Crippen molar-refractivity contribution in [2.24, 2.45) is 5.92 Å². The highest BCUT2D eigenvalue weighted by atomic mass is 16.5. The molecule has 0 aliphatic carbocycles. The number of nitrogens with zero attached hydrogens (tertiary/aromatic N) is 2. The minimum absolute atomic E-state index is 0.0862. The molecule has 29 heavy (non-hydrogen) atoms. The Labute approximate surface area is 172 Å². The van der Waals surface area contributed by atoms with E-state index in [1.165, 1.54) is 0 Å². The van der Waals surface area contributed by atoms with Gasteiger partial charge < -0.3 is 14.5 Å². The lowest BCUT2D eigenvalue weighted by Gasteiger charge is -2.34. The van der Waals surface area contributed by atoms with Gasteiger partial charge in [-0.1, -0.05) is 24.3 Å². The minimum atomic E-state index is -0.188. The molecule has 0 bridgehead atoms. The SMILES string of the molecule is COc1ccc2cc([C@@H](C)C(=O)N3CCC(C(=O)N4CCCC4)CC3)ccc2c1. The molecule has 5 nitrogen and oxygen atoms in total. The number of carbonyl (C=O) groups is 2. The smallest absolute Gasteiger partial charge is 0.229 e. The molecule has 0 radical (unpaired) electrons. The Kier molecular flexibility index (Phi) is 5.74. The van der Waals surface area contributed by atoms with E-state index in [0.29, 0.717) is 19.0 Å². The first-order chi connectivity index (χ1) is 14.1. The number of methoxy groups -OCH3 is 1. The van der Waals surface area contributed by atoms with Gasteiger partial charge in [0, 0.05) is 32.1 Å². The van der Waals surface area contributed by atoms with Crippen molar-refractivity contribution in [2.45, 2.75) is 38.5 Å². The topological polar surface area (TPSA) is 49.9 Å². The van der Waals surface area contributed by atoms with Crippen molar-refractivity contribution in [1.29, 1.82) is 0 Å². The summed E-state index contributed by atoms with van der Waals surface area (Å²) in [5.74, 6) is 1.19. The number of carbonyl (C=O) groups excluding carboxylic acids is 2. The third-order valence-electron chi connectivity index (χ3n) is 6.52. The molecule has 2 saturated heterocycles. The number of fused-ring (bicyclic) bond motifs is 1. The standard InChI is InChI=1S/C24H30N2O3/c1-17(19-5-6-21-16-22(29-2)8-7-20(21)15-19)23(27)26-13-9-18(10-14-26)24(28)25-11-3-4-12-25/h5-8,15-18H,3-4,9-14H2,1-2H3/t17-/m1/s1. The summed E-state index contributed by atoms with van der Waals surface area (Å²) in [5, 5.41) is 2.21. The molecule has 2 amide bonds. The second-order valence-electron chi connectivity index (χ2n) is 8.33. The van der Waals surface area contributed by atoms with Crippen LogP contribution in [0.25, 0.3) is 10.8 Å². The largest absolute Gasteiger partial charge is 0.497 e. The quantitative estimate of drug-likeness (QED) is 0.792. The van der Waals surface area contributed by atoms with Crippen molar-refractivity contribution in [3.05, 3.63) is 42.0 Å². The van der Waals surface area contributed by atoms with Gasteiger partial charge >= 0.3 is 0 Å². The maximum absolute atomic E-state index is 13.1. The lowest BCUT2D eigenvalue weighted by atomic mass is 9.92. The Balaban J connectivity index is 1.39. The molecule has 2 aromatic rings. The molecular weight excluding hydrogens is 364 g/mol. The fourth-order valence-corrected chi connectivity index (χ4v) is 4.60. The van der Waals surface area contributed by atoms with Crippen LogP contribution in [0.2, 0.25) is 0 Å². The van der Waals surface area contributed by atoms with Gasteiger partial charge in [-0.2, -0.15) is 0 Å². The number of ether oxygens (including phenoxy) is 1. The molecular formula is C24H30N2O3. The highest BCUT2D eigenvalue weighted by Gasteiger charge is 2.32. The van der Waals surface area contributed by atoms with Gasteiger partial charge in [0.15, 0.2) is 0 Å². The van der Waals surface area contributed by atoms with E-state index in [9.17, 15) is 9.59 Å². The van der Waals surface area contributed by atoms with Crippen LogP contribution < -0.4 is 4.74 Å². The van der Waals surface area contributed by atoms with E-state index in [-0.39, 0.29) is 17.7 Å². The molecule has 2 heterocycles. The summed E-state index contributed by atoms with van der Waals surface area (Å²) in [6, 6.07) is 12.2. The molecule has 0 saturated carbocycles. The molecule has 2 aliphatic rings. The van der Waals surface area contributed by atoms with Gasteiger partial charge in [-0.05, 0) is 61.1 Å². The molecule has 1 atom stereocenters. The van der Waals surface area contributed by atoms with Crippen LogP contribution in [-0.4, -0.2) is 54.9 Å². The first-order valence-electron chi connectivity index (χ1n) is 10.7. The summed E-state index contributed by atoms with van der Waals surface area (Å²) >= 11 is 0. The fraction of sp³-hybridized carbons (Fsp3) is 0.500. The van der Waals surface area contributed by atoms with Crippen molar-refractivity contribution in [3.8, 4) is 5.75 Å². The van der Waals surface area contributed by atoms with Crippen LogP contribution in [0, 0.1) is 5.92 Å². The summed E-state index contributed by atoms with van der Waals surface area (Å²) in [7, 11) is 1.66. The average Bonchev–Trinajstić information content (AvgIpc) is 3.32. The summed E-state index contributed by atoms with van der Waals surface area (Å²) in [6.45, 7) is 5.15. The van der Waals surface area contributed by atoms with Gasteiger partial charge in [0.25, 0.3) is 0 Å². The van der Waals surface area contributed by atoms with Crippen molar-refractivity contribution in [3.63, 3.8) is 0 Å². The predicted octanol–water partition coefficient (Wildman–Crippen LogP) is 3.81. The lowest BCUT2D eigenvalue weighted by molar-refractivity contribution is -0.140. The second-order valence-corrected chi connectivity index (χ2v) is 8.33. The van der Waals surface area contributed by atoms with Gasteiger partial charge in [-0.15, -0.1) is 0 Å². The fourth-order valence-electron chi connectivity index (χ4n) is 4.60. The lowest BCUT2D eigenvalue weighted by Crippen LogP contribution is -2.44. The number of rotatable bonds is 4. The third-order valence-corrected chi connectivity index (χ3v) is 6.52. The van der Waals surface area contributed by atoms with E-state index in [1.807, 2.05) is 41.0 Å². The number of hydrogen-bond donors (Lipinski definition) is 0. The maximum Gasteiger partial charge on any atom is 0.229 e. The highest BCUT2D eigenvalue weighted by Crippen LogP contribution is 2.28. The average molecular weight is 395 g/mol. The molecule has 0 unspecified atom stereocenters. The van der Waals surface area contributed by atoms with Crippen LogP contribution in [0.3, 0.4) is 0 Å². The Morgan fingerprint density at radius 3 is 2.28 bits per heavy atom. The van der Waals surface area contributed by atoms with Crippen molar-refractivity contribution in [1.82, 2.24) is 9.80 Å². The van der Waals surface area contributed by atoms with Crippen LogP contribution in [0.4, 0.5) is 0 Å². The molecule has 0 aromatic heterocycles.